The van der Waals surface area contributed by atoms with E-state index in [1.165, 1.54) is 19.1 Å². The van der Waals surface area contributed by atoms with Gasteiger partial charge in [0.05, 0.1) is 38.7 Å². The third-order valence-corrected chi connectivity index (χ3v) is 5.66. The number of aryl methyl sites for hydroxylation is 2. The van der Waals surface area contributed by atoms with Gasteiger partial charge in [0.1, 0.15) is 17.2 Å². The van der Waals surface area contributed by atoms with Crippen LogP contribution in [-0.4, -0.2) is 57.2 Å². The van der Waals surface area contributed by atoms with Crippen LogP contribution < -0.4 is 14.4 Å². The summed E-state index contributed by atoms with van der Waals surface area (Å²) in [5.74, 6) is 0.216. The van der Waals surface area contributed by atoms with E-state index in [-0.39, 0.29) is 11.8 Å². The van der Waals surface area contributed by atoms with E-state index < -0.39 is 0 Å². The zero-order chi connectivity index (χ0) is 22.1. The molecule has 0 saturated carbocycles. The van der Waals surface area contributed by atoms with Crippen LogP contribution in [0.3, 0.4) is 0 Å². The minimum atomic E-state index is -0.370. The normalized spacial score (nSPS) is 16.9. The second-order valence-corrected chi connectivity index (χ2v) is 7.62. The topological polar surface area (TPSA) is 68.3 Å². The molecule has 0 N–H and O–H groups in total. The molecule has 2 amide bonds. The molecule has 1 saturated heterocycles. The Morgan fingerprint density at radius 1 is 0.903 bits per heavy atom. The minimum absolute atomic E-state index is 0.363. The predicted molar refractivity (Wildman–Crippen MR) is 117 cm³/mol. The highest BCUT2D eigenvalue weighted by molar-refractivity contribution is 6.45. The maximum absolute atomic E-state index is 13.8. The summed E-state index contributed by atoms with van der Waals surface area (Å²) in [6, 6.07) is 11.0. The summed E-state index contributed by atoms with van der Waals surface area (Å²) in [5, 5.41) is 0. The Bertz CT molecular complexity index is 1070. The Balaban J connectivity index is 1.89. The van der Waals surface area contributed by atoms with Crippen LogP contribution in [0.1, 0.15) is 16.7 Å². The van der Waals surface area contributed by atoms with Crippen molar-refractivity contribution in [1.82, 2.24) is 4.90 Å². The largest absolute Gasteiger partial charge is 0.497 e. The van der Waals surface area contributed by atoms with Crippen molar-refractivity contribution >= 4 is 23.1 Å². The van der Waals surface area contributed by atoms with Crippen molar-refractivity contribution in [3.63, 3.8) is 0 Å². The predicted octanol–water partition coefficient (Wildman–Crippen LogP) is 2.94. The standard InChI is InChI=1S/C24H26N2O5/c1-15-5-7-18(16(2)13-15)21-22(25-9-11-31-12-10-25)24(28)26(23(21)27)19-14-17(29-3)6-8-20(19)30-4/h5-8,13-14H,9-12H2,1-4H3. The van der Waals surface area contributed by atoms with E-state index in [1.54, 1.807) is 18.2 Å². The van der Waals surface area contributed by atoms with Crippen LogP contribution in [0.4, 0.5) is 5.69 Å². The molecule has 1 fully saturated rings. The number of anilines is 1. The number of imide groups is 1. The quantitative estimate of drug-likeness (QED) is 0.691. The van der Waals surface area contributed by atoms with E-state index in [2.05, 4.69) is 0 Å². The number of ether oxygens (including phenoxy) is 3. The Morgan fingerprint density at radius 3 is 2.29 bits per heavy atom. The summed E-state index contributed by atoms with van der Waals surface area (Å²) < 4.78 is 16.3. The molecule has 0 bridgehead atoms. The van der Waals surface area contributed by atoms with Crippen molar-refractivity contribution in [1.29, 1.82) is 0 Å². The number of morpholine rings is 1. The van der Waals surface area contributed by atoms with Gasteiger partial charge < -0.3 is 19.1 Å². The number of carbonyl (C=O) groups excluding carboxylic acids is 2. The summed E-state index contributed by atoms with van der Waals surface area (Å²) in [6.07, 6.45) is 0. The molecule has 4 rings (SSSR count). The van der Waals surface area contributed by atoms with E-state index in [0.29, 0.717) is 54.8 Å². The first-order chi connectivity index (χ1) is 15.0. The first-order valence-corrected chi connectivity index (χ1v) is 10.2. The van der Waals surface area contributed by atoms with E-state index >= 15 is 0 Å². The lowest BCUT2D eigenvalue weighted by Crippen LogP contribution is -2.40. The molecule has 0 atom stereocenters. The fraction of sp³-hybridized carbons (Fsp3) is 0.333. The number of rotatable bonds is 5. The van der Waals surface area contributed by atoms with Crippen molar-refractivity contribution in [2.75, 3.05) is 45.4 Å². The average Bonchev–Trinajstić information content (AvgIpc) is 3.03. The monoisotopic (exact) mass is 422 g/mol. The first kappa shape index (κ1) is 20.9. The molecule has 2 aromatic rings. The van der Waals surface area contributed by atoms with E-state index in [4.69, 9.17) is 14.2 Å². The molecule has 2 aliphatic rings. The highest BCUT2D eigenvalue weighted by Crippen LogP contribution is 2.41. The van der Waals surface area contributed by atoms with Crippen molar-refractivity contribution in [2.24, 2.45) is 0 Å². The molecule has 162 valence electrons. The molecule has 0 radical (unpaired) electrons. The summed E-state index contributed by atoms with van der Waals surface area (Å²) >= 11 is 0. The molecule has 7 heteroatoms. The number of hydrogen-bond donors (Lipinski definition) is 0. The number of nitrogens with zero attached hydrogens (tertiary/aromatic N) is 2. The maximum atomic E-state index is 13.8. The lowest BCUT2D eigenvalue weighted by atomic mass is 9.97. The van der Waals surface area contributed by atoms with Gasteiger partial charge in [-0.05, 0) is 37.1 Å². The van der Waals surface area contributed by atoms with Gasteiger partial charge in [0.25, 0.3) is 11.8 Å². The Labute approximate surface area is 181 Å². The summed E-state index contributed by atoms with van der Waals surface area (Å²) in [5.41, 5.74) is 3.98. The van der Waals surface area contributed by atoms with E-state index in [9.17, 15) is 9.59 Å². The second kappa shape index (κ2) is 8.43. The van der Waals surface area contributed by atoms with Gasteiger partial charge in [-0.3, -0.25) is 9.59 Å². The van der Waals surface area contributed by atoms with E-state index in [1.807, 2.05) is 36.9 Å². The van der Waals surface area contributed by atoms with Crippen LogP contribution in [0, 0.1) is 13.8 Å². The molecule has 0 unspecified atom stereocenters. The maximum Gasteiger partial charge on any atom is 0.282 e. The van der Waals surface area contributed by atoms with Crippen LogP contribution in [0.2, 0.25) is 0 Å². The lowest BCUT2D eigenvalue weighted by molar-refractivity contribution is -0.121. The number of carbonyl (C=O) groups is 2. The third-order valence-electron chi connectivity index (χ3n) is 5.66. The van der Waals surface area contributed by atoms with Gasteiger partial charge in [-0.15, -0.1) is 0 Å². The van der Waals surface area contributed by atoms with Gasteiger partial charge in [0.15, 0.2) is 0 Å². The number of methoxy groups -OCH3 is 2. The lowest BCUT2D eigenvalue weighted by Gasteiger charge is -2.30. The Kier molecular flexibility index (Phi) is 5.69. The molecule has 7 nitrogen and oxygen atoms in total. The molecule has 0 aliphatic carbocycles. The highest BCUT2D eigenvalue weighted by Gasteiger charge is 2.44. The van der Waals surface area contributed by atoms with Crippen LogP contribution in [-0.2, 0) is 14.3 Å². The highest BCUT2D eigenvalue weighted by atomic mass is 16.5. The summed E-state index contributed by atoms with van der Waals surface area (Å²) in [6.45, 7) is 6.07. The average molecular weight is 422 g/mol. The van der Waals surface area contributed by atoms with Crippen LogP contribution in [0.5, 0.6) is 11.5 Å². The fourth-order valence-electron chi connectivity index (χ4n) is 4.13. The van der Waals surface area contributed by atoms with Gasteiger partial charge in [0, 0.05) is 19.2 Å². The van der Waals surface area contributed by atoms with Gasteiger partial charge >= 0.3 is 0 Å². The first-order valence-electron chi connectivity index (χ1n) is 10.2. The number of benzene rings is 2. The molecule has 0 spiro atoms. The molecular weight excluding hydrogens is 396 g/mol. The zero-order valence-electron chi connectivity index (χ0n) is 18.2. The smallest absolute Gasteiger partial charge is 0.282 e. The fourth-order valence-corrected chi connectivity index (χ4v) is 4.13. The molecule has 0 aromatic heterocycles. The van der Waals surface area contributed by atoms with Crippen molar-refractivity contribution in [3.8, 4) is 11.5 Å². The van der Waals surface area contributed by atoms with Crippen molar-refractivity contribution < 1.29 is 23.8 Å². The van der Waals surface area contributed by atoms with Gasteiger partial charge in [-0.25, -0.2) is 4.90 Å². The molecule has 2 aliphatic heterocycles. The molecule has 2 aromatic carbocycles. The summed E-state index contributed by atoms with van der Waals surface area (Å²) in [7, 11) is 3.05. The van der Waals surface area contributed by atoms with Crippen molar-refractivity contribution in [2.45, 2.75) is 13.8 Å². The van der Waals surface area contributed by atoms with Crippen LogP contribution in [0.15, 0.2) is 42.1 Å². The third kappa shape index (κ3) is 3.65. The molecule has 2 heterocycles. The van der Waals surface area contributed by atoms with Crippen LogP contribution in [0.25, 0.3) is 5.57 Å². The SMILES string of the molecule is COc1ccc(OC)c(N2C(=O)C(c3ccc(C)cc3C)=C(N3CCOCC3)C2=O)c1. The molecular formula is C24H26N2O5. The zero-order valence-corrected chi connectivity index (χ0v) is 18.2. The number of amides is 2. The van der Waals surface area contributed by atoms with Crippen molar-refractivity contribution in [3.05, 3.63) is 58.8 Å². The van der Waals surface area contributed by atoms with Crippen LogP contribution >= 0.6 is 0 Å². The summed E-state index contributed by atoms with van der Waals surface area (Å²) in [4.78, 5) is 30.6. The minimum Gasteiger partial charge on any atom is -0.497 e. The van der Waals surface area contributed by atoms with Gasteiger partial charge in [-0.1, -0.05) is 23.8 Å². The van der Waals surface area contributed by atoms with Gasteiger partial charge in [0.2, 0.25) is 0 Å². The molecule has 31 heavy (non-hydrogen) atoms. The number of hydrogen-bond acceptors (Lipinski definition) is 6. The Morgan fingerprint density at radius 2 is 1.65 bits per heavy atom. The van der Waals surface area contributed by atoms with E-state index in [0.717, 1.165) is 16.7 Å². The second-order valence-electron chi connectivity index (χ2n) is 7.62. The van der Waals surface area contributed by atoms with Gasteiger partial charge in [-0.2, -0.15) is 0 Å². The Hall–Kier alpha value is -3.32.